The molecule has 1 rings (SSSR count). The van der Waals surface area contributed by atoms with Crippen molar-refractivity contribution in [3.05, 3.63) is 18.1 Å². The number of ether oxygens (including phenoxy) is 1. The summed E-state index contributed by atoms with van der Waals surface area (Å²) < 4.78 is 40.6. The average Bonchev–Trinajstić information content (AvgIpc) is 2.23. The number of amidine groups is 1. The van der Waals surface area contributed by atoms with Crippen LogP contribution < -0.4 is 10.5 Å². The van der Waals surface area contributed by atoms with Crippen molar-refractivity contribution in [2.24, 2.45) is 5.73 Å². The maximum Gasteiger partial charge on any atom is 0.389 e. The lowest BCUT2D eigenvalue weighted by molar-refractivity contribution is -0.136. The largest absolute Gasteiger partial charge is 0.476 e. The van der Waals surface area contributed by atoms with Crippen LogP contribution >= 0.6 is 0 Å². The second kappa shape index (κ2) is 5.46. The topological polar surface area (TPSA) is 84.9 Å². The highest BCUT2D eigenvalue weighted by atomic mass is 19.4. The van der Waals surface area contributed by atoms with Crippen LogP contribution in [0.5, 0.6) is 5.88 Å². The molecule has 0 aliphatic carbocycles. The first kappa shape index (κ1) is 13.2. The molecule has 0 aliphatic rings. The third-order valence-electron chi connectivity index (χ3n) is 1.76. The maximum atomic E-state index is 11.9. The number of nitrogens with one attached hydrogen (secondary N) is 1. The van der Waals surface area contributed by atoms with Crippen LogP contribution in [0.2, 0.25) is 0 Å². The van der Waals surface area contributed by atoms with Gasteiger partial charge in [-0.1, -0.05) is 0 Å². The van der Waals surface area contributed by atoms with E-state index in [4.69, 9.17) is 15.9 Å². The number of rotatable bonds is 5. The minimum absolute atomic E-state index is 0.0258. The van der Waals surface area contributed by atoms with E-state index in [2.05, 4.69) is 9.97 Å². The zero-order valence-electron chi connectivity index (χ0n) is 8.79. The summed E-state index contributed by atoms with van der Waals surface area (Å²) in [5.41, 5.74) is 5.24. The summed E-state index contributed by atoms with van der Waals surface area (Å²) in [6.45, 7) is -0.154. The van der Waals surface area contributed by atoms with Gasteiger partial charge in [0.25, 0.3) is 0 Å². The van der Waals surface area contributed by atoms with Gasteiger partial charge in [0.15, 0.2) is 5.69 Å². The third kappa shape index (κ3) is 4.66. The van der Waals surface area contributed by atoms with Gasteiger partial charge in [0.2, 0.25) is 5.88 Å². The van der Waals surface area contributed by atoms with E-state index in [1.807, 2.05) is 0 Å². The predicted octanol–water partition coefficient (Wildman–Crippen LogP) is 1.48. The quantitative estimate of drug-likeness (QED) is 0.469. The summed E-state index contributed by atoms with van der Waals surface area (Å²) in [4.78, 5) is 7.49. The number of aromatic nitrogens is 2. The van der Waals surface area contributed by atoms with E-state index < -0.39 is 12.6 Å². The first-order chi connectivity index (χ1) is 7.90. The molecule has 0 bridgehead atoms. The molecule has 94 valence electrons. The number of hydrogen-bond acceptors (Lipinski definition) is 4. The lowest BCUT2D eigenvalue weighted by Gasteiger charge is -2.09. The average molecular weight is 248 g/mol. The van der Waals surface area contributed by atoms with Gasteiger partial charge in [-0.05, 0) is 6.42 Å². The lowest BCUT2D eigenvalue weighted by Crippen LogP contribution is -2.17. The molecule has 17 heavy (non-hydrogen) atoms. The summed E-state index contributed by atoms with van der Waals surface area (Å²) in [7, 11) is 0. The molecule has 5 nitrogen and oxygen atoms in total. The minimum atomic E-state index is -4.20. The Kier molecular flexibility index (Phi) is 4.24. The van der Waals surface area contributed by atoms with Crippen molar-refractivity contribution in [1.29, 1.82) is 5.41 Å². The van der Waals surface area contributed by atoms with Crippen molar-refractivity contribution >= 4 is 5.84 Å². The molecule has 0 atom stereocenters. The fourth-order valence-corrected chi connectivity index (χ4v) is 1.06. The normalized spacial score (nSPS) is 11.2. The van der Waals surface area contributed by atoms with Gasteiger partial charge in [-0.15, -0.1) is 0 Å². The third-order valence-corrected chi connectivity index (χ3v) is 1.76. The maximum absolute atomic E-state index is 11.9. The van der Waals surface area contributed by atoms with Crippen molar-refractivity contribution in [1.82, 2.24) is 9.97 Å². The Morgan fingerprint density at radius 1 is 1.35 bits per heavy atom. The van der Waals surface area contributed by atoms with Crippen LogP contribution in [0.15, 0.2) is 12.4 Å². The summed E-state index contributed by atoms with van der Waals surface area (Å²) in [6, 6.07) is 0. The molecular formula is C9H11F3N4O. The van der Waals surface area contributed by atoms with Gasteiger partial charge in [0.1, 0.15) is 5.84 Å². The molecule has 3 N–H and O–H groups in total. The van der Waals surface area contributed by atoms with Crippen molar-refractivity contribution in [3.8, 4) is 5.88 Å². The highest BCUT2D eigenvalue weighted by Gasteiger charge is 2.26. The Balaban J connectivity index is 2.49. The highest BCUT2D eigenvalue weighted by molar-refractivity contribution is 5.94. The highest BCUT2D eigenvalue weighted by Crippen LogP contribution is 2.21. The fraction of sp³-hybridized carbons (Fsp3) is 0.444. The monoisotopic (exact) mass is 248 g/mol. The predicted molar refractivity (Wildman–Crippen MR) is 53.8 cm³/mol. The molecular weight excluding hydrogens is 237 g/mol. The number of nitrogens with zero attached hydrogens (tertiary/aromatic N) is 2. The second-order valence-electron chi connectivity index (χ2n) is 3.19. The first-order valence-corrected chi connectivity index (χ1v) is 4.75. The molecule has 0 fully saturated rings. The number of halogens is 3. The number of nitrogens with two attached hydrogens (primary N) is 1. The minimum Gasteiger partial charge on any atom is -0.476 e. The van der Waals surface area contributed by atoms with E-state index in [9.17, 15) is 13.2 Å². The van der Waals surface area contributed by atoms with E-state index in [1.165, 1.54) is 12.4 Å². The molecule has 1 aromatic heterocycles. The van der Waals surface area contributed by atoms with Crippen LogP contribution in [0.25, 0.3) is 0 Å². The van der Waals surface area contributed by atoms with Crippen LogP contribution in [-0.4, -0.2) is 28.6 Å². The van der Waals surface area contributed by atoms with Gasteiger partial charge < -0.3 is 10.5 Å². The van der Waals surface area contributed by atoms with Crippen molar-refractivity contribution < 1.29 is 17.9 Å². The molecule has 0 aliphatic heterocycles. The number of nitrogen functional groups attached to an aromatic ring is 1. The van der Waals surface area contributed by atoms with Crippen LogP contribution in [0.4, 0.5) is 13.2 Å². The van der Waals surface area contributed by atoms with Crippen LogP contribution in [0, 0.1) is 5.41 Å². The standard InChI is InChI=1S/C9H11F3N4O/c10-9(11,12)2-1-5-17-8-6(7(13)14)15-3-4-16-8/h3-4H,1-2,5H2,(H3,13,14). The molecule has 0 radical (unpaired) electrons. The SMILES string of the molecule is N=C(N)c1nccnc1OCCCC(F)(F)F. The Hall–Kier alpha value is -1.86. The molecule has 0 unspecified atom stereocenters. The van der Waals surface area contributed by atoms with Gasteiger partial charge in [0, 0.05) is 18.8 Å². The Morgan fingerprint density at radius 2 is 2.00 bits per heavy atom. The molecule has 8 heteroatoms. The van der Waals surface area contributed by atoms with Crippen LogP contribution in [-0.2, 0) is 0 Å². The summed E-state index contributed by atoms with van der Waals surface area (Å²) in [5, 5.41) is 7.17. The molecule has 0 amide bonds. The Morgan fingerprint density at radius 3 is 2.59 bits per heavy atom. The van der Waals surface area contributed by atoms with E-state index in [-0.39, 0.29) is 30.4 Å². The zero-order valence-corrected chi connectivity index (χ0v) is 8.79. The fourth-order valence-electron chi connectivity index (χ4n) is 1.06. The van der Waals surface area contributed by atoms with Crippen molar-refractivity contribution in [2.75, 3.05) is 6.61 Å². The van der Waals surface area contributed by atoms with E-state index in [0.29, 0.717) is 0 Å². The number of alkyl halides is 3. The van der Waals surface area contributed by atoms with E-state index in [1.54, 1.807) is 0 Å². The first-order valence-electron chi connectivity index (χ1n) is 4.75. The van der Waals surface area contributed by atoms with Crippen LogP contribution in [0.1, 0.15) is 18.5 Å². The second-order valence-corrected chi connectivity index (χ2v) is 3.19. The van der Waals surface area contributed by atoms with Gasteiger partial charge in [0.05, 0.1) is 6.61 Å². The Labute approximate surface area is 95.3 Å². The molecule has 0 aromatic carbocycles. The van der Waals surface area contributed by atoms with Crippen molar-refractivity contribution in [3.63, 3.8) is 0 Å². The van der Waals surface area contributed by atoms with Gasteiger partial charge in [-0.2, -0.15) is 13.2 Å². The molecule has 1 aromatic rings. The molecule has 0 spiro atoms. The molecule has 0 saturated heterocycles. The lowest BCUT2D eigenvalue weighted by atomic mass is 10.3. The van der Waals surface area contributed by atoms with Crippen molar-refractivity contribution in [2.45, 2.75) is 19.0 Å². The Bertz CT molecular complexity index is 394. The van der Waals surface area contributed by atoms with Gasteiger partial charge >= 0.3 is 6.18 Å². The van der Waals surface area contributed by atoms with Gasteiger partial charge in [-0.3, -0.25) is 5.41 Å². The van der Waals surface area contributed by atoms with E-state index >= 15 is 0 Å². The molecule has 0 saturated carbocycles. The summed E-state index contributed by atoms with van der Waals surface area (Å²) in [5.74, 6) is -0.369. The van der Waals surface area contributed by atoms with Crippen LogP contribution in [0.3, 0.4) is 0 Å². The smallest absolute Gasteiger partial charge is 0.389 e. The number of hydrogen-bond donors (Lipinski definition) is 2. The molecule has 1 heterocycles. The van der Waals surface area contributed by atoms with E-state index in [0.717, 1.165) is 0 Å². The van der Waals surface area contributed by atoms with Gasteiger partial charge in [-0.25, -0.2) is 9.97 Å². The zero-order chi connectivity index (χ0) is 12.9. The summed E-state index contributed by atoms with van der Waals surface area (Å²) in [6.07, 6.45) is -2.68. The summed E-state index contributed by atoms with van der Waals surface area (Å²) >= 11 is 0.